The van der Waals surface area contributed by atoms with E-state index in [1.54, 1.807) is 17.0 Å². The molecule has 1 unspecified atom stereocenters. The van der Waals surface area contributed by atoms with Gasteiger partial charge in [-0.25, -0.2) is 9.18 Å². The number of likely N-dealkylation sites (tertiary alicyclic amines) is 1. The number of nitrogens with one attached hydrogen (secondary N) is 1. The molecule has 1 aliphatic carbocycles. The van der Waals surface area contributed by atoms with Crippen LogP contribution in [0.1, 0.15) is 88.1 Å². The average molecular weight is 615 g/mol. The molecule has 4 amide bonds. The van der Waals surface area contributed by atoms with Crippen molar-refractivity contribution in [3.63, 3.8) is 0 Å². The first-order valence-corrected chi connectivity index (χ1v) is 15.9. The molecule has 4 fully saturated rings. The van der Waals surface area contributed by atoms with Crippen molar-refractivity contribution in [1.29, 1.82) is 0 Å². The minimum Gasteiger partial charge on any atom is -0.444 e. The van der Waals surface area contributed by atoms with Gasteiger partial charge in [-0.3, -0.25) is 19.7 Å². The minimum absolute atomic E-state index is 0.0213. The molecule has 6 rings (SSSR count). The molecule has 0 spiro atoms. The predicted molar refractivity (Wildman–Crippen MR) is 157 cm³/mol. The average Bonchev–Trinajstić information content (AvgIpc) is 3.29. The molecule has 0 bridgehead atoms. The molecule has 5 aliphatic rings. The van der Waals surface area contributed by atoms with Crippen molar-refractivity contribution >= 4 is 29.5 Å². The molecule has 4 aliphatic heterocycles. The van der Waals surface area contributed by atoms with Crippen LogP contribution in [0.5, 0.6) is 0 Å². The number of nitrogens with zero attached hydrogens (tertiary/aromatic N) is 3. The number of hydrogen-bond donors (Lipinski definition) is 1. The largest absolute Gasteiger partial charge is 0.444 e. The first-order valence-electron chi connectivity index (χ1n) is 15.9. The third kappa shape index (κ3) is 6.56. The number of imide groups is 1. The molecule has 11 nitrogen and oxygen atoms in total. The van der Waals surface area contributed by atoms with Gasteiger partial charge in [0.15, 0.2) is 5.82 Å². The fourth-order valence-electron chi connectivity index (χ4n) is 6.85. The molecule has 12 heteroatoms. The van der Waals surface area contributed by atoms with Crippen molar-refractivity contribution in [2.75, 3.05) is 31.1 Å². The van der Waals surface area contributed by atoms with Gasteiger partial charge >= 0.3 is 6.09 Å². The Labute approximate surface area is 257 Å². The van der Waals surface area contributed by atoms with Gasteiger partial charge in [0.25, 0.3) is 5.91 Å². The summed E-state index contributed by atoms with van der Waals surface area (Å²) in [6.45, 7) is 8.22. The first kappa shape index (κ1) is 30.8. The van der Waals surface area contributed by atoms with Gasteiger partial charge in [0.1, 0.15) is 11.6 Å². The second kappa shape index (κ2) is 12.3. The van der Waals surface area contributed by atoms with E-state index >= 15 is 4.39 Å². The number of anilines is 1. The lowest BCUT2D eigenvalue weighted by molar-refractivity contribution is -0.153. The predicted octanol–water partition coefficient (Wildman–Crippen LogP) is 3.52. The third-order valence-corrected chi connectivity index (χ3v) is 9.33. The molecule has 0 aromatic heterocycles. The highest BCUT2D eigenvalue weighted by molar-refractivity contribution is 6.05. The fourth-order valence-corrected chi connectivity index (χ4v) is 6.85. The molecule has 240 valence electrons. The van der Waals surface area contributed by atoms with E-state index in [0.717, 1.165) is 38.5 Å². The summed E-state index contributed by atoms with van der Waals surface area (Å²) in [7, 11) is 0. The Morgan fingerprint density at radius 3 is 2.09 bits per heavy atom. The molecular formula is C32H43FN4O7. The summed E-state index contributed by atoms with van der Waals surface area (Å²) in [5, 5.41) is 2.28. The van der Waals surface area contributed by atoms with Crippen LogP contribution in [0.3, 0.4) is 0 Å². The number of halogens is 1. The molecule has 3 saturated heterocycles. The van der Waals surface area contributed by atoms with Crippen LogP contribution in [0, 0.1) is 5.82 Å². The molecule has 1 atom stereocenters. The molecule has 4 heterocycles. The standard InChI is InChI=1S/C32H43FN4O7/c1-32(2,3)44-31(41)36-14-10-20(11-15-36)43-22-16-21(17-22)42-19-8-12-35(13-9-19)25-5-4-23-24(28(25)33)18-37(30(23)40)26-6-7-27(38)34-29(26)39/h4-5,19-22,26H,6-18H2,1-3H3,(H,34,38,39)/t21-,22-,26?. The number of rotatable bonds is 6. The topological polar surface area (TPSA) is 118 Å². The number of piperidine rings is 3. The van der Waals surface area contributed by atoms with Crippen molar-refractivity contribution in [2.24, 2.45) is 0 Å². The minimum atomic E-state index is -0.767. The monoisotopic (exact) mass is 614 g/mol. The summed E-state index contributed by atoms with van der Waals surface area (Å²) in [6, 6.07) is 2.55. The van der Waals surface area contributed by atoms with E-state index in [-0.39, 0.29) is 67.3 Å². The number of carbonyl (C=O) groups excluding carboxylic acids is 4. The first-order chi connectivity index (χ1) is 20.9. The lowest BCUT2D eigenvalue weighted by Gasteiger charge is -2.42. The zero-order valence-electron chi connectivity index (χ0n) is 25.8. The number of fused-ring (bicyclic) bond motifs is 1. The smallest absolute Gasteiger partial charge is 0.410 e. The number of ether oxygens (including phenoxy) is 3. The van der Waals surface area contributed by atoms with Crippen LogP contribution in [-0.4, -0.2) is 95.9 Å². The zero-order chi connectivity index (χ0) is 31.2. The lowest BCUT2D eigenvalue weighted by atomic mass is 9.90. The van der Waals surface area contributed by atoms with Gasteiger partial charge in [0, 0.05) is 43.7 Å². The van der Waals surface area contributed by atoms with Crippen molar-refractivity contribution in [2.45, 2.75) is 115 Å². The van der Waals surface area contributed by atoms with E-state index in [1.807, 2.05) is 25.7 Å². The Morgan fingerprint density at radius 2 is 1.50 bits per heavy atom. The summed E-state index contributed by atoms with van der Waals surface area (Å²) in [4.78, 5) is 54.3. The molecule has 1 saturated carbocycles. The van der Waals surface area contributed by atoms with Gasteiger partial charge in [-0.2, -0.15) is 0 Å². The van der Waals surface area contributed by atoms with Crippen molar-refractivity contribution < 1.29 is 37.8 Å². The normalized spacial score (nSPS) is 26.9. The van der Waals surface area contributed by atoms with E-state index in [2.05, 4.69) is 5.32 Å². The van der Waals surface area contributed by atoms with Crippen LogP contribution in [0.4, 0.5) is 14.9 Å². The Bertz CT molecular complexity index is 1290. The van der Waals surface area contributed by atoms with E-state index in [9.17, 15) is 19.2 Å². The third-order valence-electron chi connectivity index (χ3n) is 9.33. The number of carbonyl (C=O) groups is 4. The summed E-state index contributed by atoms with van der Waals surface area (Å²) in [6.07, 6.45) is 5.66. The number of benzene rings is 1. The van der Waals surface area contributed by atoms with Gasteiger partial charge in [-0.1, -0.05) is 0 Å². The Kier molecular flexibility index (Phi) is 8.58. The van der Waals surface area contributed by atoms with Crippen LogP contribution < -0.4 is 10.2 Å². The molecule has 1 aromatic rings. The highest BCUT2D eigenvalue weighted by Gasteiger charge is 2.41. The lowest BCUT2D eigenvalue weighted by Crippen LogP contribution is -2.52. The maximum atomic E-state index is 15.7. The highest BCUT2D eigenvalue weighted by atomic mass is 19.1. The van der Waals surface area contributed by atoms with Gasteiger partial charge in [0.05, 0.1) is 36.6 Å². The Morgan fingerprint density at radius 1 is 0.886 bits per heavy atom. The van der Waals surface area contributed by atoms with E-state index in [4.69, 9.17) is 14.2 Å². The van der Waals surface area contributed by atoms with E-state index in [0.29, 0.717) is 37.4 Å². The number of amides is 4. The number of hydrogen-bond acceptors (Lipinski definition) is 8. The van der Waals surface area contributed by atoms with Crippen LogP contribution in [0.2, 0.25) is 0 Å². The zero-order valence-corrected chi connectivity index (χ0v) is 25.8. The van der Waals surface area contributed by atoms with Crippen LogP contribution >= 0.6 is 0 Å². The van der Waals surface area contributed by atoms with Crippen LogP contribution in [-0.2, 0) is 30.3 Å². The quantitative estimate of drug-likeness (QED) is 0.484. The molecule has 1 aromatic carbocycles. The maximum absolute atomic E-state index is 15.7. The molecular weight excluding hydrogens is 571 g/mol. The Hall–Kier alpha value is -3.25. The van der Waals surface area contributed by atoms with Gasteiger partial charge in [0.2, 0.25) is 11.8 Å². The summed E-state index contributed by atoms with van der Waals surface area (Å²) in [5.41, 5.74) is 0.566. The van der Waals surface area contributed by atoms with Crippen molar-refractivity contribution in [3.8, 4) is 0 Å². The van der Waals surface area contributed by atoms with Gasteiger partial charge < -0.3 is 28.9 Å². The maximum Gasteiger partial charge on any atom is 0.410 e. The highest BCUT2D eigenvalue weighted by Crippen LogP contribution is 2.36. The van der Waals surface area contributed by atoms with Crippen molar-refractivity contribution in [3.05, 3.63) is 29.1 Å². The molecule has 1 N–H and O–H groups in total. The van der Waals surface area contributed by atoms with Crippen LogP contribution in [0.15, 0.2) is 12.1 Å². The summed E-state index contributed by atoms with van der Waals surface area (Å²) < 4.78 is 33.8. The van der Waals surface area contributed by atoms with Crippen LogP contribution in [0.25, 0.3) is 0 Å². The second-order valence-corrected chi connectivity index (χ2v) is 13.7. The summed E-state index contributed by atoms with van der Waals surface area (Å²) in [5.74, 6) is -1.65. The van der Waals surface area contributed by atoms with Crippen molar-refractivity contribution in [1.82, 2.24) is 15.1 Å². The second-order valence-electron chi connectivity index (χ2n) is 13.7. The SMILES string of the molecule is CC(C)(C)OC(=O)N1CCC(O[C@H]2C[C@H](OC3CCN(c4ccc5c(c4F)CN(C4CCC(=O)NC4=O)C5=O)CC3)C2)CC1. The van der Waals surface area contributed by atoms with Gasteiger partial charge in [-0.05, 0) is 77.8 Å². The van der Waals surface area contributed by atoms with E-state index < -0.39 is 23.4 Å². The molecule has 0 radical (unpaired) electrons. The van der Waals surface area contributed by atoms with E-state index in [1.165, 1.54) is 4.90 Å². The Balaban J connectivity index is 0.927. The summed E-state index contributed by atoms with van der Waals surface area (Å²) >= 11 is 0. The molecule has 44 heavy (non-hydrogen) atoms. The fraction of sp³-hybridized carbons (Fsp3) is 0.688. The van der Waals surface area contributed by atoms with Gasteiger partial charge in [-0.15, -0.1) is 0 Å².